The van der Waals surface area contributed by atoms with Gasteiger partial charge in [0.2, 0.25) is 0 Å². The van der Waals surface area contributed by atoms with E-state index in [2.05, 4.69) is 49.5 Å². The molecular formula is C37H34N6O4S. The molecule has 6 aromatic rings. The van der Waals surface area contributed by atoms with E-state index in [4.69, 9.17) is 9.47 Å². The SMILES string of the molecule is C[C@H]1[C@@H](CSc2ncn[nH]2)O[C@@H](c2ccc(-c3ccccc3CNC(=O)c3cnc4ccccc4n3)cc2)O[C@H]1c1ccc(CO)cc1. The third-order valence-electron chi connectivity index (χ3n) is 8.53. The Balaban J connectivity index is 1.08. The molecule has 4 atom stereocenters. The fraction of sp³-hybridized carbons (Fsp3) is 0.216. The first-order valence-corrected chi connectivity index (χ1v) is 16.7. The van der Waals surface area contributed by atoms with Crippen LogP contribution < -0.4 is 5.32 Å². The number of carbonyl (C=O) groups excluding carboxylic acids is 1. The van der Waals surface area contributed by atoms with Crippen LogP contribution >= 0.6 is 11.8 Å². The van der Waals surface area contributed by atoms with Gasteiger partial charge in [-0.1, -0.05) is 104 Å². The van der Waals surface area contributed by atoms with Crippen molar-refractivity contribution in [1.29, 1.82) is 0 Å². The van der Waals surface area contributed by atoms with Crippen LogP contribution in [0.2, 0.25) is 0 Å². The number of aromatic nitrogens is 5. The number of aromatic amines is 1. The molecule has 3 heterocycles. The third kappa shape index (κ3) is 6.99. The van der Waals surface area contributed by atoms with Crippen molar-refractivity contribution >= 4 is 28.7 Å². The van der Waals surface area contributed by atoms with Crippen LogP contribution in [-0.4, -0.2) is 48.0 Å². The Bertz CT molecular complexity index is 1990. The lowest BCUT2D eigenvalue weighted by Crippen LogP contribution is -2.38. The van der Waals surface area contributed by atoms with Gasteiger partial charge < -0.3 is 19.9 Å². The van der Waals surface area contributed by atoms with Crippen LogP contribution in [0.5, 0.6) is 0 Å². The second kappa shape index (κ2) is 14.4. The predicted molar refractivity (Wildman–Crippen MR) is 183 cm³/mol. The molecule has 0 unspecified atom stereocenters. The number of hydrogen-bond acceptors (Lipinski definition) is 9. The summed E-state index contributed by atoms with van der Waals surface area (Å²) in [5.41, 5.74) is 7.47. The van der Waals surface area contributed by atoms with Crippen LogP contribution in [0.15, 0.2) is 115 Å². The van der Waals surface area contributed by atoms with Gasteiger partial charge in [-0.3, -0.25) is 14.9 Å². The summed E-state index contributed by atoms with van der Waals surface area (Å²) in [5, 5.41) is 20.2. The van der Waals surface area contributed by atoms with E-state index in [-0.39, 0.29) is 36.3 Å². The number of nitrogens with one attached hydrogen (secondary N) is 2. The molecular weight excluding hydrogens is 625 g/mol. The van der Waals surface area contributed by atoms with E-state index in [0.717, 1.165) is 44.1 Å². The monoisotopic (exact) mass is 658 g/mol. The summed E-state index contributed by atoms with van der Waals surface area (Å²) >= 11 is 1.56. The largest absolute Gasteiger partial charge is 0.392 e. The molecule has 0 aliphatic carbocycles. The number of carbonyl (C=O) groups is 1. The Kier molecular flexibility index (Phi) is 9.53. The smallest absolute Gasteiger partial charge is 0.271 e. The van der Waals surface area contributed by atoms with E-state index in [9.17, 15) is 9.90 Å². The number of fused-ring (bicyclic) bond motifs is 1. The van der Waals surface area contributed by atoms with Crippen molar-refractivity contribution in [3.8, 4) is 11.1 Å². The number of benzene rings is 4. The molecule has 3 N–H and O–H groups in total. The molecule has 1 amide bonds. The van der Waals surface area contributed by atoms with Crippen molar-refractivity contribution in [3.05, 3.63) is 138 Å². The molecule has 0 radical (unpaired) electrons. The molecule has 2 aromatic heterocycles. The molecule has 0 bridgehead atoms. The fourth-order valence-corrected chi connectivity index (χ4v) is 6.79. The van der Waals surface area contributed by atoms with Crippen molar-refractivity contribution < 1.29 is 19.4 Å². The van der Waals surface area contributed by atoms with Crippen LogP contribution in [0.4, 0.5) is 0 Å². The van der Waals surface area contributed by atoms with Crippen molar-refractivity contribution in [2.75, 3.05) is 5.75 Å². The molecule has 1 aliphatic heterocycles. The van der Waals surface area contributed by atoms with Gasteiger partial charge in [0.1, 0.15) is 12.0 Å². The molecule has 1 aliphatic rings. The lowest BCUT2D eigenvalue weighted by molar-refractivity contribution is -0.268. The summed E-state index contributed by atoms with van der Waals surface area (Å²) in [6, 6.07) is 31.5. The first-order valence-electron chi connectivity index (χ1n) is 15.7. The van der Waals surface area contributed by atoms with Crippen LogP contribution in [0.1, 0.15) is 52.1 Å². The number of para-hydroxylation sites is 2. The van der Waals surface area contributed by atoms with Gasteiger partial charge in [0, 0.05) is 23.8 Å². The zero-order chi connectivity index (χ0) is 32.9. The number of hydrogen-bond donors (Lipinski definition) is 3. The van der Waals surface area contributed by atoms with Crippen molar-refractivity contribution in [3.63, 3.8) is 0 Å². The van der Waals surface area contributed by atoms with Gasteiger partial charge in [-0.05, 0) is 39.9 Å². The molecule has 4 aromatic carbocycles. The highest BCUT2D eigenvalue weighted by molar-refractivity contribution is 7.99. The standard InChI is InChI=1S/C37H34N6O4S/c1-23-33(21-48-37-40-22-41-43-37)46-36(47-34(23)26-12-10-24(20-44)11-13-26)27-16-14-25(15-17-27)29-7-3-2-6-28(29)18-39-35(45)32-19-38-30-8-4-5-9-31(30)42-32/h2-17,19,22-23,33-34,36,44H,18,20-21H2,1H3,(H,39,45)(H,40,41,43)/t23-,33+,34+,36+/m0/s1. The highest BCUT2D eigenvalue weighted by Gasteiger charge is 2.38. The molecule has 11 heteroatoms. The van der Waals surface area contributed by atoms with Crippen LogP contribution in [0.25, 0.3) is 22.2 Å². The topological polar surface area (TPSA) is 135 Å². The number of H-pyrrole nitrogens is 1. The van der Waals surface area contributed by atoms with Gasteiger partial charge in [0.25, 0.3) is 5.91 Å². The number of amides is 1. The van der Waals surface area contributed by atoms with Gasteiger partial charge in [-0.2, -0.15) is 5.10 Å². The number of rotatable bonds is 10. The molecule has 1 fully saturated rings. The first kappa shape index (κ1) is 31.6. The summed E-state index contributed by atoms with van der Waals surface area (Å²) < 4.78 is 13.2. The number of nitrogens with zero attached hydrogens (tertiary/aromatic N) is 4. The Morgan fingerprint density at radius 1 is 0.896 bits per heavy atom. The minimum absolute atomic E-state index is 0.00940. The van der Waals surface area contributed by atoms with E-state index in [1.807, 2.05) is 84.9 Å². The number of aliphatic hydroxyl groups excluding tert-OH is 1. The summed E-state index contributed by atoms with van der Waals surface area (Å²) in [6.07, 6.45) is 2.07. The van der Waals surface area contributed by atoms with Crippen LogP contribution in [0, 0.1) is 5.92 Å². The summed E-state index contributed by atoms with van der Waals surface area (Å²) in [7, 11) is 0. The summed E-state index contributed by atoms with van der Waals surface area (Å²) in [5.74, 6) is 0.443. The number of ether oxygens (including phenoxy) is 2. The van der Waals surface area contributed by atoms with Gasteiger partial charge in [0.15, 0.2) is 11.4 Å². The van der Waals surface area contributed by atoms with Gasteiger partial charge >= 0.3 is 0 Å². The minimum Gasteiger partial charge on any atom is -0.392 e. The minimum atomic E-state index is -0.587. The fourth-order valence-electron chi connectivity index (χ4n) is 5.84. The normalized spacial score (nSPS) is 19.3. The van der Waals surface area contributed by atoms with E-state index in [1.54, 1.807) is 11.8 Å². The first-order chi connectivity index (χ1) is 23.6. The average molecular weight is 659 g/mol. The molecule has 242 valence electrons. The highest BCUT2D eigenvalue weighted by atomic mass is 32.2. The van der Waals surface area contributed by atoms with Gasteiger partial charge in [-0.15, -0.1) is 0 Å². The zero-order valence-corrected chi connectivity index (χ0v) is 27.0. The second-order valence-corrected chi connectivity index (χ2v) is 12.6. The van der Waals surface area contributed by atoms with Crippen molar-refractivity contribution in [2.24, 2.45) is 5.92 Å². The summed E-state index contributed by atoms with van der Waals surface area (Å²) in [6.45, 7) is 2.46. The van der Waals surface area contributed by atoms with Crippen molar-refractivity contribution in [2.45, 2.75) is 43.7 Å². The van der Waals surface area contributed by atoms with E-state index >= 15 is 0 Å². The summed E-state index contributed by atoms with van der Waals surface area (Å²) in [4.78, 5) is 26.1. The van der Waals surface area contributed by atoms with Crippen LogP contribution in [-0.2, 0) is 22.6 Å². The quantitative estimate of drug-likeness (QED) is 0.143. The average Bonchev–Trinajstić information content (AvgIpc) is 3.67. The Hall–Kier alpha value is -4.94. The molecule has 0 spiro atoms. The maximum atomic E-state index is 13.0. The molecule has 0 saturated carbocycles. The maximum Gasteiger partial charge on any atom is 0.271 e. The Morgan fingerprint density at radius 3 is 2.42 bits per heavy atom. The van der Waals surface area contributed by atoms with E-state index < -0.39 is 6.29 Å². The Labute approximate surface area is 282 Å². The molecule has 7 rings (SSSR count). The molecule has 10 nitrogen and oxygen atoms in total. The van der Waals surface area contributed by atoms with E-state index in [1.165, 1.54) is 12.5 Å². The zero-order valence-electron chi connectivity index (χ0n) is 26.2. The van der Waals surface area contributed by atoms with Gasteiger partial charge in [-0.25, -0.2) is 9.97 Å². The molecule has 1 saturated heterocycles. The lowest BCUT2D eigenvalue weighted by Gasteiger charge is -2.41. The second-order valence-electron chi connectivity index (χ2n) is 11.6. The van der Waals surface area contributed by atoms with E-state index in [0.29, 0.717) is 17.8 Å². The lowest BCUT2D eigenvalue weighted by atomic mass is 9.91. The Morgan fingerprint density at radius 2 is 1.65 bits per heavy atom. The third-order valence-corrected chi connectivity index (χ3v) is 9.50. The number of thioether (sulfide) groups is 1. The highest BCUT2D eigenvalue weighted by Crippen LogP contribution is 2.43. The number of aliphatic hydroxyl groups is 1. The van der Waals surface area contributed by atoms with Crippen molar-refractivity contribution in [1.82, 2.24) is 30.5 Å². The van der Waals surface area contributed by atoms with Gasteiger partial charge in [0.05, 0.1) is 36.0 Å². The molecule has 48 heavy (non-hydrogen) atoms. The maximum absolute atomic E-state index is 13.0. The van der Waals surface area contributed by atoms with Crippen LogP contribution in [0.3, 0.4) is 0 Å². The predicted octanol–water partition coefficient (Wildman–Crippen LogP) is 6.42.